The number of aliphatic hydroxyl groups excluding tert-OH is 1. The molecular formula is C48H56N2O17. The Hall–Kier alpha value is -7.54. The Morgan fingerprint density at radius 2 is 0.881 bits per heavy atom. The highest BCUT2D eigenvalue weighted by Gasteiger charge is 2.51. The van der Waals surface area contributed by atoms with Gasteiger partial charge in [-0.15, -0.1) is 0 Å². The molecule has 0 amide bonds. The summed E-state index contributed by atoms with van der Waals surface area (Å²) in [6.07, 6.45) is -0.638. The van der Waals surface area contributed by atoms with Crippen molar-refractivity contribution in [2.75, 3.05) is 39.6 Å². The zero-order chi connectivity index (χ0) is 50.2. The fourth-order valence-corrected chi connectivity index (χ4v) is 6.77. The third kappa shape index (κ3) is 15.0. The van der Waals surface area contributed by atoms with Crippen molar-refractivity contribution in [1.29, 1.82) is 0 Å². The van der Waals surface area contributed by atoms with Crippen LogP contribution >= 0.6 is 0 Å². The van der Waals surface area contributed by atoms with Gasteiger partial charge in [-0.2, -0.15) is 0 Å². The molecule has 4 aromatic carbocycles. The number of nitrogens with zero attached hydrogens (tertiary/aromatic N) is 2. The Bertz CT molecular complexity index is 2280. The molecule has 0 unspecified atom stereocenters. The summed E-state index contributed by atoms with van der Waals surface area (Å²) in [5.74, 6) is -4.61. The lowest BCUT2D eigenvalue weighted by Crippen LogP contribution is -2.47. The minimum absolute atomic E-state index is 0.0382. The fraction of sp³-hybridized carbons (Fsp3) is 0.375. The smallest absolute Gasteiger partial charge is 0.328 e. The quantitative estimate of drug-likeness (QED) is 0.0300. The van der Waals surface area contributed by atoms with Crippen LogP contribution in [0, 0.1) is 34.1 Å². The molecule has 19 heteroatoms. The van der Waals surface area contributed by atoms with E-state index in [-0.39, 0.29) is 76.7 Å². The molecule has 360 valence electrons. The molecular weight excluding hydrogens is 877 g/mol. The van der Waals surface area contributed by atoms with Gasteiger partial charge in [0, 0.05) is 42.7 Å². The number of hydrogen-bond donors (Lipinski definition) is 2. The lowest BCUT2D eigenvalue weighted by molar-refractivity contribution is -0.385. The number of carbonyl (C=O) groups excluding carboxylic acids is 5. The van der Waals surface area contributed by atoms with Crippen LogP contribution in [0.5, 0.6) is 0 Å². The number of hydrogen-bond acceptors (Lipinski definition) is 16. The van der Waals surface area contributed by atoms with Crippen molar-refractivity contribution >= 4 is 47.2 Å². The molecule has 0 aliphatic carbocycles. The second-order valence-corrected chi connectivity index (χ2v) is 14.3. The van der Waals surface area contributed by atoms with E-state index in [9.17, 15) is 54.1 Å². The van der Waals surface area contributed by atoms with Gasteiger partial charge in [0.2, 0.25) is 0 Å². The molecule has 0 radical (unpaired) electrons. The first-order valence-corrected chi connectivity index (χ1v) is 21.2. The first kappa shape index (κ1) is 55.6. The zero-order valence-corrected chi connectivity index (χ0v) is 38.2. The first-order valence-electron chi connectivity index (χ1n) is 21.2. The average Bonchev–Trinajstić information content (AvgIpc) is 3.29. The van der Waals surface area contributed by atoms with Crippen LogP contribution in [0.15, 0.2) is 97.1 Å². The summed E-state index contributed by atoms with van der Waals surface area (Å²) in [6.45, 7) is 9.51. The maximum absolute atomic E-state index is 13.0. The molecule has 0 bridgehead atoms. The maximum atomic E-state index is 13.0. The molecule has 0 aliphatic rings. The number of carboxylic acids is 1. The van der Waals surface area contributed by atoms with Gasteiger partial charge in [0.05, 0.1) is 55.7 Å². The summed E-state index contributed by atoms with van der Waals surface area (Å²) in [4.78, 5) is 94.1. The number of carbonyl (C=O) groups is 6. The number of nitro groups is 2. The van der Waals surface area contributed by atoms with Crippen molar-refractivity contribution in [3.63, 3.8) is 0 Å². The van der Waals surface area contributed by atoms with Crippen LogP contribution in [0.4, 0.5) is 11.4 Å². The molecule has 0 saturated carbocycles. The summed E-state index contributed by atoms with van der Waals surface area (Å²) in [7, 11) is 0. The number of carboxylic acid groups (broad SMARTS) is 1. The lowest BCUT2D eigenvalue weighted by atomic mass is 9.77. The standard InChI is InChI=1S/C24H27NO8.C15H20O5.C9H9NO4/c1-4-31-22(27)24(23(28)32-5-2,19-11-7-6-8-12-19)14-15-33-21(26)16-18-10-9-13-20(17(18)3)25(29)30;1-3-19-13(17)15(10-11-16,14(18)20-4-2)12-8-6-5-7-9-12;1-6-7(5-9(11)12)3-2-4-8(6)10(13)14/h6-13H,4-5,14-16H2,1-3H3;5-9,16H,3-4,10-11H2,1-2H3;2-4H,5H2,1H3,(H,11,12). The number of rotatable bonds is 21. The molecule has 0 heterocycles. The minimum atomic E-state index is -1.80. The van der Waals surface area contributed by atoms with Crippen LogP contribution in [-0.4, -0.2) is 95.5 Å². The molecule has 4 aromatic rings. The third-order valence-corrected chi connectivity index (χ3v) is 10.2. The number of aliphatic hydroxyl groups is 1. The van der Waals surface area contributed by atoms with Crippen LogP contribution in [-0.2, 0) is 76.1 Å². The normalized spacial score (nSPS) is 10.7. The molecule has 0 spiro atoms. The monoisotopic (exact) mass is 932 g/mol. The number of aliphatic carboxylic acids is 1. The van der Waals surface area contributed by atoms with Crippen molar-refractivity contribution in [1.82, 2.24) is 0 Å². The third-order valence-electron chi connectivity index (χ3n) is 10.2. The Balaban J connectivity index is 0.000000383. The summed E-state index contributed by atoms with van der Waals surface area (Å²) >= 11 is 0. The molecule has 0 fully saturated rings. The van der Waals surface area contributed by atoms with E-state index in [1.165, 1.54) is 24.3 Å². The Morgan fingerprint density at radius 3 is 1.21 bits per heavy atom. The Kier molecular flexibility index (Phi) is 23.0. The molecule has 19 nitrogen and oxygen atoms in total. The van der Waals surface area contributed by atoms with Gasteiger partial charge < -0.3 is 33.9 Å². The summed E-state index contributed by atoms with van der Waals surface area (Å²) in [6, 6.07) is 25.8. The van der Waals surface area contributed by atoms with Gasteiger partial charge in [0.15, 0.2) is 10.8 Å². The van der Waals surface area contributed by atoms with Crippen molar-refractivity contribution in [3.05, 3.63) is 151 Å². The van der Waals surface area contributed by atoms with Gasteiger partial charge in [-0.1, -0.05) is 84.9 Å². The van der Waals surface area contributed by atoms with E-state index in [4.69, 9.17) is 28.8 Å². The van der Waals surface area contributed by atoms with Gasteiger partial charge in [-0.05, 0) is 63.8 Å². The lowest BCUT2D eigenvalue weighted by Gasteiger charge is -2.29. The molecule has 0 aromatic heterocycles. The van der Waals surface area contributed by atoms with Crippen molar-refractivity contribution in [2.24, 2.45) is 0 Å². The fourth-order valence-electron chi connectivity index (χ4n) is 6.77. The molecule has 2 N–H and O–H groups in total. The SMILES string of the molecule is CCOC(=O)C(CCO)(C(=O)OCC)c1ccccc1.CCOC(=O)C(CCOC(=O)Cc1cccc([N+](=O)[O-])c1C)(C(=O)OCC)c1ccccc1.Cc1c(CC(=O)O)cccc1[N+](=O)[O-]. The van der Waals surface area contributed by atoms with Crippen LogP contribution in [0.3, 0.4) is 0 Å². The molecule has 67 heavy (non-hydrogen) atoms. The summed E-state index contributed by atoms with van der Waals surface area (Å²) in [5, 5.41) is 39.5. The molecule has 0 saturated heterocycles. The highest BCUT2D eigenvalue weighted by molar-refractivity contribution is 6.07. The highest BCUT2D eigenvalue weighted by Crippen LogP contribution is 2.33. The number of benzene rings is 4. The zero-order valence-electron chi connectivity index (χ0n) is 38.2. The van der Waals surface area contributed by atoms with E-state index in [2.05, 4.69) is 0 Å². The second-order valence-electron chi connectivity index (χ2n) is 14.3. The van der Waals surface area contributed by atoms with E-state index >= 15 is 0 Å². The van der Waals surface area contributed by atoms with Crippen molar-refractivity contribution in [3.8, 4) is 0 Å². The molecule has 0 atom stereocenters. The topological polar surface area (TPSA) is 275 Å². The van der Waals surface area contributed by atoms with Crippen molar-refractivity contribution < 1.29 is 72.5 Å². The van der Waals surface area contributed by atoms with E-state index in [0.717, 1.165) is 0 Å². The largest absolute Gasteiger partial charge is 0.481 e. The Morgan fingerprint density at radius 1 is 0.522 bits per heavy atom. The van der Waals surface area contributed by atoms with E-state index in [1.54, 1.807) is 114 Å². The summed E-state index contributed by atoms with van der Waals surface area (Å²) in [5.41, 5.74) is -0.978. The van der Waals surface area contributed by atoms with Crippen LogP contribution in [0.1, 0.15) is 73.9 Å². The predicted octanol–water partition coefficient (Wildman–Crippen LogP) is 6.41. The van der Waals surface area contributed by atoms with Crippen LogP contribution in [0.2, 0.25) is 0 Å². The second kappa shape index (κ2) is 27.7. The van der Waals surface area contributed by atoms with E-state index < -0.39 is 56.5 Å². The minimum Gasteiger partial charge on any atom is -0.481 e. The van der Waals surface area contributed by atoms with Crippen molar-refractivity contribution in [2.45, 2.75) is 78.1 Å². The number of nitro benzene ring substituents is 2. The van der Waals surface area contributed by atoms with E-state index in [1.807, 2.05) is 0 Å². The van der Waals surface area contributed by atoms with Gasteiger partial charge in [-0.25, -0.2) is 0 Å². The maximum Gasteiger partial charge on any atom is 0.328 e. The average molecular weight is 933 g/mol. The highest BCUT2D eigenvalue weighted by atomic mass is 16.6. The molecule has 0 aliphatic heterocycles. The van der Waals surface area contributed by atoms with E-state index in [0.29, 0.717) is 33.4 Å². The Labute approximate surface area is 387 Å². The number of ether oxygens (including phenoxy) is 5. The van der Waals surface area contributed by atoms with Gasteiger partial charge >= 0.3 is 35.8 Å². The molecule has 4 rings (SSSR count). The first-order chi connectivity index (χ1) is 31.9. The van der Waals surface area contributed by atoms with Crippen LogP contribution in [0.25, 0.3) is 0 Å². The summed E-state index contributed by atoms with van der Waals surface area (Å²) < 4.78 is 25.8. The predicted molar refractivity (Wildman–Crippen MR) is 241 cm³/mol. The van der Waals surface area contributed by atoms with Gasteiger partial charge in [0.25, 0.3) is 11.4 Å². The van der Waals surface area contributed by atoms with Gasteiger partial charge in [0.1, 0.15) is 0 Å². The van der Waals surface area contributed by atoms with Gasteiger partial charge in [-0.3, -0.25) is 49.0 Å². The number of esters is 5. The van der Waals surface area contributed by atoms with Crippen LogP contribution < -0.4 is 0 Å².